The summed E-state index contributed by atoms with van der Waals surface area (Å²) in [6.07, 6.45) is 3.36. The molecule has 0 amide bonds. The van der Waals surface area contributed by atoms with Crippen molar-refractivity contribution in [2.24, 2.45) is 0 Å². The molecule has 1 aromatic carbocycles. The minimum Gasteiger partial charge on any atom is -0.400 e. The lowest BCUT2D eigenvalue weighted by Gasteiger charge is -2.32. The van der Waals surface area contributed by atoms with E-state index in [0.717, 1.165) is 28.6 Å². The van der Waals surface area contributed by atoms with Crippen LogP contribution in [0.15, 0.2) is 23.7 Å². The Labute approximate surface area is 159 Å². The van der Waals surface area contributed by atoms with E-state index in [4.69, 9.17) is 9.31 Å². The van der Waals surface area contributed by atoms with Gasteiger partial charge in [-0.1, -0.05) is 36.0 Å². The van der Waals surface area contributed by atoms with Crippen LogP contribution in [-0.4, -0.2) is 35.0 Å². The fourth-order valence-corrected chi connectivity index (χ4v) is 3.80. The fourth-order valence-electron chi connectivity index (χ4n) is 3.21. The van der Waals surface area contributed by atoms with Gasteiger partial charge in [0.2, 0.25) is 0 Å². The smallest absolute Gasteiger partial charge is 0.400 e. The van der Waals surface area contributed by atoms with Crippen molar-refractivity contribution in [3.05, 3.63) is 40.4 Å². The van der Waals surface area contributed by atoms with Crippen molar-refractivity contribution in [1.29, 1.82) is 0 Å². The molecule has 26 heavy (non-hydrogen) atoms. The van der Waals surface area contributed by atoms with Crippen molar-refractivity contribution in [2.75, 3.05) is 5.75 Å². The Hall–Kier alpha value is -1.37. The van der Waals surface area contributed by atoms with Gasteiger partial charge in [-0.05, 0) is 50.7 Å². The summed E-state index contributed by atoms with van der Waals surface area (Å²) in [6.45, 7) is 9.62. The molecule has 1 aliphatic carbocycles. The first-order valence-electron chi connectivity index (χ1n) is 8.95. The Morgan fingerprint density at radius 2 is 1.85 bits per heavy atom. The predicted octanol–water partition coefficient (Wildman–Crippen LogP) is 4.11. The average Bonchev–Trinajstić information content (AvgIpc) is 3.01. The van der Waals surface area contributed by atoms with Gasteiger partial charge in [-0.3, -0.25) is 9.59 Å². The maximum Gasteiger partial charge on any atom is 0.491 e. The van der Waals surface area contributed by atoms with Gasteiger partial charge in [-0.15, -0.1) is 0 Å². The van der Waals surface area contributed by atoms with Crippen LogP contribution < -0.4 is 0 Å². The van der Waals surface area contributed by atoms with E-state index in [1.165, 1.54) is 11.8 Å². The zero-order valence-electron chi connectivity index (χ0n) is 16.0. The van der Waals surface area contributed by atoms with Crippen molar-refractivity contribution < 1.29 is 18.9 Å². The van der Waals surface area contributed by atoms with E-state index in [-0.39, 0.29) is 10.9 Å². The molecule has 138 valence electrons. The van der Waals surface area contributed by atoms with Crippen molar-refractivity contribution in [2.45, 2.75) is 58.7 Å². The maximum atomic E-state index is 12.0. The van der Waals surface area contributed by atoms with Gasteiger partial charge >= 0.3 is 7.12 Å². The second-order valence-electron chi connectivity index (χ2n) is 7.88. The summed E-state index contributed by atoms with van der Waals surface area (Å²) in [7, 11) is -0.500. The van der Waals surface area contributed by atoms with Crippen LogP contribution in [-0.2, 0) is 20.5 Å². The summed E-state index contributed by atoms with van der Waals surface area (Å²) < 4.78 is 12.4. The van der Waals surface area contributed by atoms with Crippen LogP contribution in [0.4, 0.5) is 0 Å². The van der Waals surface area contributed by atoms with Gasteiger partial charge < -0.3 is 9.31 Å². The first kappa shape index (κ1) is 19.4. The Morgan fingerprint density at radius 3 is 2.46 bits per heavy atom. The minimum absolute atomic E-state index is 0.0564. The first-order valence-corrected chi connectivity index (χ1v) is 9.94. The zero-order valence-corrected chi connectivity index (χ0v) is 16.9. The number of benzene rings is 1. The third-order valence-corrected chi connectivity index (χ3v) is 6.34. The summed E-state index contributed by atoms with van der Waals surface area (Å²) >= 11 is 1.25. The standard InChI is InChI=1S/C20H25BO4S/c1-13(22)26-12-15(21-24-19(2,3)20(4,5)25-21)11-14-7-6-8-17-16(14)9-10-18(17)23/h6-8,11H,9-10,12H2,1-5H3. The summed E-state index contributed by atoms with van der Waals surface area (Å²) in [4.78, 5) is 23.5. The third-order valence-electron chi connectivity index (χ3n) is 5.45. The minimum atomic E-state index is -0.500. The molecule has 3 rings (SSSR count). The Balaban J connectivity index is 1.97. The number of carbonyl (C=O) groups is 2. The number of fused-ring (bicyclic) bond motifs is 1. The number of hydrogen-bond acceptors (Lipinski definition) is 5. The normalized spacial score (nSPS) is 21.2. The van der Waals surface area contributed by atoms with Crippen molar-refractivity contribution >= 4 is 35.9 Å². The predicted molar refractivity (Wildman–Crippen MR) is 106 cm³/mol. The molecule has 0 N–H and O–H groups in total. The highest BCUT2D eigenvalue weighted by molar-refractivity contribution is 8.13. The van der Waals surface area contributed by atoms with Crippen molar-refractivity contribution in [3.8, 4) is 0 Å². The summed E-state index contributed by atoms with van der Waals surface area (Å²) in [5.41, 5.74) is 2.95. The Morgan fingerprint density at radius 1 is 1.19 bits per heavy atom. The van der Waals surface area contributed by atoms with Gasteiger partial charge in [0, 0.05) is 24.7 Å². The van der Waals surface area contributed by atoms with E-state index in [9.17, 15) is 9.59 Å². The van der Waals surface area contributed by atoms with Crippen LogP contribution in [0.3, 0.4) is 0 Å². The van der Waals surface area contributed by atoms with Gasteiger partial charge in [-0.2, -0.15) is 0 Å². The summed E-state index contributed by atoms with van der Waals surface area (Å²) in [5.74, 6) is 0.703. The Kier molecular flexibility index (Phi) is 5.21. The lowest BCUT2D eigenvalue weighted by molar-refractivity contribution is -0.109. The van der Waals surface area contributed by atoms with Gasteiger partial charge in [0.05, 0.1) is 11.2 Å². The van der Waals surface area contributed by atoms with Gasteiger partial charge in [0.1, 0.15) is 0 Å². The SMILES string of the molecule is CC(=O)SCC(=Cc1cccc2c1CCC2=O)B1OC(C)(C)C(C)(C)O1. The molecule has 0 bridgehead atoms. The molecular formula is C20H25BO4S. The third kappa shape index (κ3) is 3.68. The second kappa shape index (κ2) is 6.99. The van der Waals surface area contributed by atoms with Crippen LogP contribution in [0, 0.1) is 0 Å². The quantitative estimate of drug-likeness (QED) is 0.745. The molecule has 0 unspecified atom stereocenters. The number of ketones is 1. The lowest BCUT2D eigenvalue weighted by Crippen LogP contribution is -2.41. The monoisotopic (exact) mass is 372 g/mol. The molecule has 1 fully saturated rings. The first-order chi connectivity index (χ1) is 12.1. The van der Waals surface area contributed by atoms with E-state index < -0.39 is 18.3 Å². The molecular weight excluding hydrogens is 347 g/mol. The van der Waals surface area contributed by atoms with Gasteiger partial charge in [0.15, 0.2) is 10.9 Å². The number of Topliss-reactive ketones (excluding diaryl/α,β-unsaturated/α-hetero) is 1. The number of hydrogen-bond donors (Lipinski definition) is 0. The number of rotatable bonds is 4. The number of thioether (sulfide) groups is 1. The van der Waals surface area contributed by atoms with Crippen LogP contribution in [0.25, 0.3) is 6.08 Å². The van der Waals surface area contributed by atoms with Crippen LogP contribution in [0.2, 0.25) is 0 Å². The fraction of sp³-hybridized carbons (Fsp3) is 0.500. The molecule has 0 spiro atoms. The van der Waals surface area contributed by atoms with E-state index in [2.05, 4.69) is 0 Å². The zero-order chi connectivity index (χ0) is 19.1. The molecule has 1 saturated heterocycles. The van der Waals surface area contributed by atoms with E-state index in [1.807, 2.05) is 52.0 Å². The van der Waals surface area contributed by atoms with Crippen molar-refractivity contribution in [3.63, 3.8) is 0 Å². The molecule has 1 aromatic rings. The summed E-state index contributed by atoms with van der Waals surface area (Å²) in [5, 5.41) is 0.0564. The highest BCUT2D eigenvalue weighted by Crippen LogP contribution is 2.39. The average molecular weight is 372 g/mol. The molecule has 0 aromatic heterocycles. The highest BCUT2D eigenvalue weighted by atomic mass is 32.2. The van der Waals surface area contributed by atoms with E-state index in [0.29, 0.717) is 12.2 Å². The van der Waals surface area contributed by atoms with Gasteiger partial charge in [0.25, 0.3) is 0 Å². The van der Waals surface area contributed by atoms with E-state index >= 15 is 0 Å². The number of carbonyl (C=O) groups excluding carboxylic acids is 2. The largest absolute Gasteiger partial charge is 0.491 e. The van der Waals surface area contributed by atoms with Crippen LogP contribution in [0.5, 0.6) is 0 Å². The highest BCUT2D eigenvalue weighted by Gasteiger charge is 2.52. The second-order valence-corrected chi connectivity index (χ2v) is 9.04. The molecule has 6 heteroatoms. The summed E-state index contributed by atoms with van der Waals surface area (Å²) in [6, 6.07) is 5.82. The maximum absolute atomic E-state index is 12.0. The lowest BCUT2D eigenvalue weighted by atomic mass is 9.78. The molecule has 4 nitrogen and oxygen atoms in total. The van der Waals surface area contributed by atoms with Crippen LogP contribution >= 0.6 is 11.8 Å². The van der Waals surface area contributed by atoms with E-state index in [1.54, 1.807) is 6.92 Å². The molecule has 0 atom stereocenters. The molecule has 1 aliphatic heterocycles. The molecule has 1 heterocycles. The Bertz CT molecular complexity index is 766. The van der Waals surface area contributed by atoms with Crippen LogP contribution in [0.1, 0.15) is 62.5 Å². The topological polar surface area (TPSA) is 52.6 Å². The molecule has 0 radical (unpaired) electrons. The van der Waals surface area contributed by atoms with Crippen molar-refractivity contribution in [1.82, 2.24) is 0 Å². The van der Waals surface area contributed by atoms with Gasteiger partial charge in [-0.25, -0.2) is 0 Å². The molecule has 0 saturated carbocycles. The molecule has 2 aliphatic rings.